The number of aryl methyl sites for hydroxylation is 1. The normalized spacial score (nSPS) is 28.1. The van der Waals surface area contributed by atoms with Gasteiger partial charge in [-0.25, -0.2) is 13.1 Å². The van der Waals surface area contributed by atoms with Gasteiger partial charge in [0, 0.05) is 31.6 Å². The minimum atomic E-state index is -2.75. The molecule has 2 atom stereocenters. The van der Waals surface area contributed by atoms with Crippen LogP contribution in [0.1, 0.15) is 12.1 Å². The van der Waals surface area contributed by atoms with Gasteiger partial charge in [0.2, 0.25) is 0 Å². The highest BCUT2D eigenvalue weighted by atomic mass is 32.2. The van der Waals surface area contributed by atoms with Gasteiger partial charge in [-0.15, -0.1) is 0 Å². The number of nitrogens with one attached hydrogen (secondary N) is 2. The van der Waals surface area contributed by atoms with E-state index in [4.69, 9.17) is 0 Å². The molecule has 2 aliphatic rings. The SMILES string of the molecule is Cc1cc2n(n1)C[C@H](CNC[C@H]1CCS(=O)(=O)C1)CN2. The van der Waals surface area contributed by atoms with Crippen LogP contribution in [0.25, 0.3) is 0 Å². The molecule has 1 saturated heterocycles. The second kappa shape index (κ2) is 5.37. The van der Waals surface area contributed by atoms with Gasteiger partial charge in [-0.1, -0.05) is 0 Å². The lowest BCUT2D eigenvalue weighted by Crippen LogP contribution is -2.37. The predicted molar refractivity (Wildman–Crippen MR) is 78.6 cm³/mol. The Hall–Kier alpha value is -1.08. The Labute approximate surface area is 119 Å². The number of nitrogens with zero attached hydrogens (tertiary/aromatic N) is 2. The first-order chi connectivity index (χ1) is 9.52. The van der Waals surface area contributed by atoms with Crippen molar-refractivity contribution in [3.63, 3.8) is 0 Å². The zero-order valence-corrected chi connectivity index (χ0v) is 12.6. The van der Waals surface area contributed by atoms with Crippen LogP contribution in [0.2, 0.25) is 0 Å². The van der Waals surface area contributed by atoms with Crippen LogP contribution >= 0.6 is 0 Å². The van der Waals surface area contributed by atoms with Gasteiger partial charge in [-0.2, -0.15) is 5.10 Å². The molecule has 20 heavy (non-hydrogen) atoms. The molecule has 6 nitrogen and oxygen atoms in total. The molecule has 0 unspecified atom stereocenters. The van der Waals surface area contributed by atoms with Gasteiger partial charge in [0.05, 0.1) is 17.2 Å². The Balaban J connectivity index is 1.44. The maximum absolute atomic E-state index is 11.4. The Morgan fingerprint density at radius 3 is 3.00 bits per heavy atom. The Kier molecular flexibility index (Phi) is 3.72. The predicted octanol–water partition coefficient (Wildman–Crippen LogP) is 0.258. The lowest BCUT2D eigenvalue weighted by atomic mass is 10.1. The molecule has 0 bridgehead atoms. The van der Waals surface area contributed by atoms with Crippen molar-refractivity contribution in [2.75, 3.05) is 36.5 Å². The van der Waals surface area contributed by atoms with E-state index in [1.807, 2.05) is 11.6 Å². The van der Waals surface area contributed by atoms with E-state index in [-0.39, 0.29) is 0 Å². The van der Waals surface area contributed by atoms with Crippen molar-refractivity contribution in [1.82, 2.24) is 15.1 Å². The van der Waals surface area contributed by atoms with Crippen molar-refractivity contribution in [3.8, 4) is 0 Å². The summed E-state index contributed by atoms with van der Waals surface area (Å²) in [5.41, 5.74) is 1.04. The van der Waals surface area contributed by atoms with Gasteiger partial charge in [0.25, 0.3) is 0 Å². The molecular formula is C13H22N4O2S. The van der Waals surface area contributed by atoms with Crippen LogP contribution in [-0.2, 0) is 16.4 Å². The summed E-state index contributed by atoms with van der Waals surface area (Å²) in [4.78, 5) is 0. The molecular weight excluding hydrogens is 276 g/mol. The minimum absolute atomic E-state index is 0.291. The van der Waals surface area contributed by atoms with Gasteiger partial charge in [0.1, 0.15) is 5.82 Å². The highest BCUT2D eigenvalue weighted by Gasteiger charge is 2.27. The summed E-state index contributed by atoms with van der Waals surface area (Å²) >= 11 is 0. The number of sulfone groups is 1. The number of fused-ring (bicyclic) bond motifs is 1. The molecule has 3 rings (SSSR count). The van der Waals surface area contributed by atoms with E-state index >= 15 is 0 Å². The largest absolute Gasteiger partial charge is 0.370 e. The fourth-order valence-electron chi connectivity index (χ4n) is 3.05. The van der Waals surface area contributed by atoms with E-state index < -0.39 is 9.84 Å². The highest BCUT2D eigenvalue weighted by molar-refractivity contribution is 7.91. The van der Waals surface area contributed by atoms with Crippen LogP contribution in [0.5, 0.6) is 0 Å². The van der Waals surface area contributed by atoms with E-state index in [1.165, 1.54) is 0 Å². The van der Waals surface area contributed by atoms with E-state index in [1.54, 1.807) is 0 Å². The summed E-state index contributed by atoms with van der Waals surface area (Å²) in [5, 5.41) is 11.3. The average molecular weight is 298 g/mol. The van der Waals surface area contributed by atoms with Crippen LogP contribution in [0, 0.1) is 18.8 Å². The van der Waals surface area contributed by atoms with E-state index in [0.29, 0.717) is 23.3 Å². The highest BCUT2D eigenvalue weighted by Crippen LogP contribution is 2.19. The fraction of sp³-hybridized carbons (Fsp3) is 0.769. The maximum atomic E-state index is 11.4. The molecule has 0 aliphatic carbocycles. The summed E-state index contributed by atoms with van der Waals surface area (Å²) in [6.07, 6.45) is 0.806. The molecule has 2 aliphatic heterocycles. The maximum Gasteiger partial charge on any atom is 0.150 e. The number of rotatable bonds is 4. The van der Waals surface area contributed by atoms with E-state index in [0.717, 1.165) is 44.1 Å². The summed E-state index contributed by atoms with van der Waals surface area (Å²) in [6, 6.07) is 2.06. The van der Waals surface area contributed by atoms with Crippen molar-refractivity contribution >= 4 is 15.7 Å². The summed E-state index contributed by atoms with van der Waals surface area (Å²) in [6.45, 7) is 5.58. The topological polar surface area (TPSA) is 76.0 Å². The van der Waals surface area contributed by atoms with Crippen molar-refractivity contribution < 1.29 is 8.42 Å². The standard InChI is InChI=1S/C13H22N4O2S/c1-10-4-13-15-7-12(8-17(13)16-10)6-14-5-11-2-3-20(18,19)9-11/h4,11-12,14-15H,2-3,5-9H2,1H3/t11-,12-/m1/s1. The number of hydrogen-bond acceptors (Lipinski definition) is 5. The molecule has 0 saturated carbocycles. The molecule has 0 spiro atoms. The lowest BCUT2D eigenvalue weighted by Gasteiger charge is -2.25. The first kappa shape index (κ1) is 13.9. The Morgan fingerprint density at radius 1 is 1.45 bits per heavy atom. The van der Waals surface area contributed by atoms with Gasteiger partial charge in [-0.05, 0) is 25.8 Å². The number of aromatic nitrogens is 2. The second-order valence-electron chi connectivity index (χ2n) is 6.03. The average Bonchev–Trinajstić information content (AvgIpc) is 2.90. The first-order valence-electron chi connectivity index (χ1n) is 7.21. The molecule has 7 heteroatoms. The van der Waals surface area contributed by atoms with Crippen molar-refractivity contribution in [3.05, 3.63) is 11.8 Å². The summed E-state index contributed by atoms with van der Waals surface area (Å²) < 4.78 is 24.8. The molecule has 112 valence electrons. The molecule has 1 aromatic heterocycles. The molecule has 0 amide bonds. The van der Waals surface area contributed by atoms with Crippen molar-refractivity contribution in [1.29, 1.82) is 0 Å². The zero-order valence-electron chi connectivity index (χ0n) is 11.8. The Morgan fingerprint density at radius 2 is 2.25 bits per heavy atom. The third-order valence-electron chi connectivity index (χ3n) is 4.10. The Bertz CT molecular complexity index is 581. The van der Waals surface area contributed by atoms with Crippen LogP contribution in [-0.4, -0.2) is 49.3 Å². The van der Waals surface area contributed by atoms with Crippen molar-refractivity contribution in [2.24, 2.45) is 11.8 Å². The quantitative estimate of drug-likeness (QED) is 0.834. The molecule has 1 aromatic rings. The molecule has 1 fully saturated rings. The molecule has 0 radical (unpaired) electrons. The number of anilines is 1. The van der Waals surface area contributed by atoms with Gasteiger partial charge < -0.3 is 10.6 Å². The lowest BCUT2D eigenvalue weighted by molar-refractivity contribution is 0.379. The third kappa shape index (κ3) is 3.15. The van der Waals surface area contributed by atoms with Crippen LogP contribution in [0.15, 0.2) is 6.07 Å². The fourth-order valence-corrected chi connectivity index (χ4v) is 4.91. The zero-order chi connectivity index (χ0) is 14.2. The smallest absolute Gasteiger partial charge is 0.150 e. The molecule has 2 N–H and O–H groups in total. The van der Waals surface area contributed by atoms with Crippen LogP contribution in [0.4, 0.5) is 5.82 Å². The first-order valence-corrected chi connectivity index (χ1v) is 9.03. The van der Waals surface area contributed by atoms with E-state index in [9.17, 15) is 8.42 Å². The minimum Gasteiger partial charge on any atom is -0.370 e. The van der Waals surface area contributed by atoms with Gasteiger partial charge in [0.15, 0.2) is 9.84 Å². The summed E-state index contributed by atoms with van der Waals surface area (Å²) in [7, 11) is -2.75. The second-order valence-corrected chi connectivity index (χ2v) is 8.26. The molecule has 0 aromatic carbocycles. The summed E-state index contributed by atoms with van der Waals surface area (Å²) in [5.74, 6) is 2.60. The van der Waals surface area contributed by atoms with Crippen molar-refractivity contribution in [2.45, 2.75) is 19.9 Å². The third-order valence-corrected chi connectivity index (χ3v) is 5.93. The monoisotopic (exact) mass is 298 g/mol. The van der Waals surface area contributed by atoms with Gasteiger partial charge in [-0.3, -0.25) is 0 Å². The van der Waals surface area contributed by atoms with Crippen LogP contribution in [0.3, 0.4) is 0 Å². The van der Waals surface area contributed by atoms with Crippen LogP contribution < -0.4 is 10.6 Å². The number of hydrogen-bond donors (Lipinski definition) is 2. The molecule has 3 heterocycles. The van der Waals surface area contributed by atoms with Gasteiger partial charge >= 0.3 is 0 Å². The van der Waals surface area contributed by atoms with E-state index in [2.05, 4.69) is 21.8 Å².